The van der Waals surface area contributed by atoms with Gasteiger partial charge in [0.15, 0.2) is 6.10 Å². The van der Waals surface area contributed by atoms with Crippen LogP contribution in [0, 0.1) is 6.92 Å². The number of hydrogen-bond acceptors (Lipinski definition) is 6. The standard InChI is InChI=1S/C29H29F6NO6/c1-17-24(36-26(42-17)19-4-2-5-21(12-19)29(33,34)35)15-39-22-6-3-7-23(13-22)40-16-25(27(37)38)41-14-18-8-10-20(11-9-18)28(30,31)32/h2,4-5,8-12,22-23,25H,3,6-7,13-16H2,1H3,(H,37,38)/t22-,23+,25?/m0/s1. The molecule has 1 aliphatic carbocycles. The van der Waals surface area contributed by atoms with Crippen LogP contribution < -0.4 is 0 Å². The third kappa shape index (κ3) is 8.55. The number of rotatable bonds is 11. The summed E-state index contributed by atoms with van der Waals surface area (Å²) in [4.78, 5) is 16.0. The Morgan fingerprint density at radius 1 is 0.976 bits per heavy atom. The quantitative estimate of drug-likeness (QED) is 0.233. The second-order valence-corrected chi connectivity index (χ2v) is 9.99. The van der Waals surface area contributed by atoms with Crippen molar-refractivity contribution in [2.75, 3.05) is 6.61 Å². The zero-order valence-corrected chi connectivity index (χ0v) is 22.5. The predicted molar refractivity (Wildman–Crippen MR) is 136 cm³/mol. The molecule has 7 nitrogen and oxygen atoms in total. The van der Waals surface area contributed by atoms with Gasteiger partial charge in [0.25, 0.3) is 0 Å². The molecule has 1 unspecified atom stereocenters. The molecule has 1 saturated carbocycles. The van der Waals surface area contributed by atoms with E-state index in [9.17, 15) is 36.2 Å². The number of alkyl halides is 6. The largest absolute Gasteiger partial charge is 0.479 e. The molecule has 42 heavy (non-hydrogen) atoms. The van der Waals surface area contributed by atoms with Crippen LogP contribution in [-0.4, -0.2) is 41.0 Å². The van der Waals surface area contributed by atoms with Gasteiger partial charge in [-0.3, -0.25) is 0 Å². The summed E-state index contributed by atoms with van der Waals surface area (Å²) in [5, 5.41) is 9.51. The van der Waals surface area contributed by atoms with E-state index < -0.39 is 35.6 Å². The highest BCUT2D eigenvalue weighted by Gasteiger charge is 2.32. The highest BCUT2D eigenvalue weighted by Crippen LogP contribution is 2.33. The Morgan fingerprint density at radius 3 is 2.29 bits per heavy atom. The maximum absolute atomic E-state index is 13.1. The van der Waals surface area contributed by atoms with E-state index in [1.165, 1.54) is 24.3 Å². The average molecular weight is 602 g/mol. The number of halogens is 6. The zero-order chi connectivity index (χ0) is 30.5. The molecule has 3 aromatic rings. The molecule has 1 fully saturated rings. The third-order valence-electron chi connectivity index (χ3n) is 6.85. The summed E-state index contributed by atoms with van der Waals surface area (Å²) in [5.41, 5.74) is -0.586. The Balaban J connectivity index is 1.27. The van der Waals surface area contributed by atoms with Gasteiger partial charge in [-0.15, -0.1) is 0 Å². The Morgan fingerprint density at radius 2 is 1.64 bits per heavy atom. The van der Waals surface area contributed by atoms with E-state index in [-0.39, 0.29) is 43.5 Å². The number of ether oxygens (including phenoxy) is 3. The van der Waals surface area contributed by atoms with Crippen molar-refractivity contribution in [1.29, 1.82) is 0 Å². The number of aliphatic carboxylic acids is 1. The highest BCUT2D eigenvalue weighted by atomic mass is 19.4. The molecule has 2 aromatic carbocycles. The van der Waals surface area contributed by atoms with Gasteiger partial charge in [0, 0.05) is 5.56 Å². The van der Waals surface area contributed by atoms with Crippen molar-refractivity contribution in [3.63, 3.8) is 0 Å². The number of carboxylic acids is 1. The molecular weight excluding hydrogens is 572 g/mol. The maximum Gasteiger partial charge on any atom is 0.416 e. The molecule has 1 aromatic heterocycles. The monoisotopic (exact) mass is 601 g/mol. The van der Waals surface area contributed by atoms with E-state index in [0.717, 1.165) is 37.1 Å². The van der Waals surface area contributed by atoms with Gasteiger partial charge < -0.3 is 23.7 Å². The topological polar surface area (TPSA) is 91.0 Å². The lowest BCUT2D eigenvalue weighted by Crippen LogP contribution is -2.34. The Kier molecular flexibility index (Phi) is 9.95. The van der Waals surface area contributed by atoms with E-state index >= 15 is 0 Å². The molecular formula is C29H29F6NO6. The van der Waals surface area contributed by atoms with Crippen LogP contribution in [0.4, 0.5) is 26.3 Å². The molecule has 4 rings (SSSR count). The van der Waals surface area contributed by atoms with E-state index in [2.05, 4.69) is 4.98 Å². The number of oxazole rings is 1. The zero-order valence-electron chi connectivity index (χ0n) is 22.5. The second-order valence-electron chi connectivity index (χ2n) is 9.99. The molecule has 1 aliphatic rings. The first-order valence-corrected chi connectivity index (χ1v) is 13.2. The van der Waals surface area contributed by atoms with Crippen LogP contribution in [0.5, 0.6) is 0 Å². The number of carbonyl (C=O) groups is 1. The van der Waals surface area contributed by atoms with Crippen LogP contribution >= 0.6 is 0 Å². The van der Waals surface area contributed by atoms with Gasteiger partial charge in [-0.25, -0.2) is 9.78 Å². The normalized spacial score (nSPS) is 18.6. The molecule has 1 heterocycles. The molecule has 0 spiro atoms. The Bertz CT molecular complexity index is 1340. The molecule has 13 heteroatoms. The van der Waals surface area contributed by atoms with Gasteiger partial charge in [-0.1, -0.05) is 18.2 Å². The number of nitrogens with zero attached hydrogens (tertiary/aromatic N) is 1. The van der Waals surface area contributed by atoms with Gasteiger partial charge in [-0.2, -0.15) is 26.3 Å². The summed E-state index contributed by atoms with van der Waals surface area (Å²) in [5.74, 6) is -0.790. The van der Waals surface area contributed by atoms with Crippen LogP contribution in [0.3, 0.4) is 0 Å². The van der Waals surface area contributed by atoms with Gasteiger partial charge in [0.2, 0.25) is 5.89 Å². The van der Waals surface area contributed by atoms with Gasteiger partial charge in [0.05, 0.1) is 43.2 Å². The lowest BCUT2D eigenvalue weighted by Gasteiger charge is -2.29. The summed E-state index contributed by atoms with van der Waals surface area (Å²) in [6, 6.07) is 8.96. The molecule has 0 saturated heterocycles. The number of aromatic nitrogens is 1. The summed E-state index contributed by atoms with van der Waals surface area (Å²) >= 11 is 0. The maximum atomic E-state index is 13.1. The Hall–Kier alpha value is -3.42. The van der Waals surface area contributed by atoms with Crippen LogP contribution in [-0.2, 0) is 44.6 Å². The lowest BCUT2D eigenvalue weighted by atomic mass is 9.95. The fraction of sp³-hybridized carbons (Fsp3) is 0.448. The number of carboxylic acid groups (broad SMARTS) is 1. The smallest absolute Gasteiger partial charge is 0.416 e. The minimum atomic E-state index is -4.49. The van der Waals surface area contributed by atoms with E-state index in [1.807, 2.05) is 0 Å². The number of hydrogen-bond donors (Lipinski definition) is 1. The van der Waals surface area contributed by atoms with Crippen molar-refractivity contribution in [2.45, 2.75) is 76.5 Å². The first kappa shape index (κ1) is 31.5. The van der Waals surface area contributed by atoms with Crippen LogP contribution in [0.15, 0.2) is 52.9 Å². The van der Waals surface area contributed by atoms with E-state index in [4.69, 9.17) is 18.6 Å². The fourth-order valence-corrected chi connectivity index (χ4v) is 4.52. The number of benzene rings is 2. The SMILES string of the molecule is Cc1oc(-c2cccc(C(F)(F)F)c2)nc1CO[C@H]1CCC[C@@H](OCC(OCc2ccc(C(F)(F)F)cc2)C(=O)O)C1. The molecule has 1 N–H and O–H groups in total. The summed E-state index contributed by atoms with van der Waals surface area (Å²) < 4.78 is 100. The van der Waals surface area contributed by atoms with Crippen molar-refractivity contribution in [2.24, 2.45) is 0 Å². The molecule has 3 atom stereocenters. The molecule has 0 bridgehead atoms. The summed E-state index contributed by atoms with van der Waals surface area (Å²) in [6.45, 7) is 1.26. The van der Waals surface area contributed by atoms with Crippen LogP contribution in [0.1, 0.15) is 53.8 Å². The van der Waals surface area contributed by atoms with Crippen molar-refractivity contribution in [1.82, 2.24) is 4.98 Å². The first-order chi connectivity index (χ1) is 19.8. The number of aryl methyl sites for hydroxylation is 1. The van der Waals surface area contributed by atoms with Crippen LogP contribution in [0.25, 0.3) is 11.5 Å². The van der Waals surface area contributed by atoms with Crippen LogP contribution in [0.2, 0.25) is 0 Å². The Labute approximate surface area is 237 Å². The molecule has 0 aliphatic heterocycles. The molecule has 0 radical (unpaired) electrons. The van der Waals surface area contributed by atoms with Crippen molar-refractivity contribution >= 4 is 5.97 Å². The minimum absolute atomic E-state index is 0.0538. The van der Waals surface area contributed by atoms with Gasteiger partial charge >= 0.3 is 18.3 Å². The minimum Gasteiger partial charge on any atom is -0.479 e. The highest BCUT2D eigenvalue weighted by molar-refractivity contribution is 5.72. The van der Waals surface area contributed by atoms with Crippen molar-refractivity contribution < 1.29 is 54.9 Å². The second kappa shape index (κ2) is 13.3. The average Bonchev–Trinajstić information content (AvgIpc) is 3.31. The fourth-order valence-electron chi connectivity index (χ4n) is 4.52. The summed E-state index contributed by atoms with van der Waals surface area (Å²) in [7, 11) is 0. The van der Waals surface area contributed by atoms with Gasteiger partial charge in [-0.05, 0) is 68.5 Å². The molecule has 228 valence electrons. The first-order valence-electron chi connectivity index (χ1n) is 13.2. The van der Waals surface area contributed by atoms with Crippen molar-refractivity contribution in [3.05, 3.63) is 76.7 Å². The van der Waals surface area contributed by atoms with Gasteiger partial charge in [0.1, 0.15) is 11.5 Å². The molecule has 0 amide bonds. The lowest BCUT2D eigenvalue weighted by molar-refractivity contribution is -0.159. The third-order valence-corrected chi connectivity index (χ3v) is 6.85. The predicted octanol–water partition coefficient (Wildman–Crippen LogP) is 7.20. The summed E-state index contributed by atoms with van der Waals surface area (Å²) in [6.07, 6.45) is -8.19. The van der Waals surface area contributed by atoms with E-state index in [1.54, 1.807) is 6.92 Å². The van der Waals surface area contributed by atoms with Crippen molar-refractivity contribution in [3.8, 4) is 11.5 Å². The van der Waals surface area contributed by atoms with E-state index in [0.29, 0.717) is 29.9 Å².